The number of nitrogens with one attached hydrogen (secondary N) is 1. The fourth-order valence-corrected chi connectivity index (χ4v) is 5.52. The van der Waals surface area contributed by atoms with Crippen molar-refractivity contribution in [1.29, 1.82) is 0 Å². The van der Waals surface area contributed by atoms with Gasteiger partial charge in [-0.2, -0.15) is 0 Å². The van der Waals surface area contributed by atoms with E-state index < -0.39 is 11.9 Å². The smallest absolute Gasteiger partial charge is 0.261 e. The fraction of sp³-hybridized carbons (Fsp3) is 0.417. The number of rotatable bonds is 7. The summed E-state index contributed by atoms with van der Waals surface area (Å²) in [6, 6.07) is 8.39. The lowest BCUT2D eigenvalue weighted by Gasteiger charge is -2.70. The van der Waals surface area contributed by atoms with Gasteiger partial charge in [-0.05, 0) is 73.4 Å². The van der Waals surface area contributed by atoms with Gasteiger partial charge in [0, 0.05) is 18.0 Å². The van der Waals surface area contributed by atoms with Gasteiger partial charge in [-0.15, -0.1) is 0 Å². The molecule has 0 unspecified atom stereocenters. The SMILES string of the molecule is O=C(COc1ccc(Cl)c(F)c1)CC12CC(NC(=O)[C@H]3CCc4cc(F)ccc4O3)(C1)C2. The molecule has 2 aromatic rings. The quantitative estimate of drug-likeness (QED) is 0.664. The zero-order valence-corrected chi connectivity index (χ0v) is 18.0. The average molecular weight is 462 g/mol. The molecule has 1 atom stereocenters. The highest BCUT2D eigenvalue weighted by Gasteiger charge is 2.68. The van der Waals surface area contributed by atoms with Crippen LogP contribution in [0.3, 0.4) is 0 Å². The van der Waals surface area contributed by atoms with Gasteiger partial charge in [-0.1, -0.05) is 11.6 Å². The van der Waals surface area contributed by atoms with Crippen LogP contribution in [0.1, 0.15) is 37.7 Å². The maximum absolute atomic E-state index is 13.5. The summed E-state index contributed by atoms with van der Waals surface area (Å²) in [6.45, 7) is -0.127. The molecular weight excluding hydrogens is 440 g/mol. The highest BCUT2D eigenvalue weighted by molar-refractivity contribution is 6.30. The van der Waals surface area contributed by atoms with E-state index in [2.05, 4.69) is 5.32 Å². The molecule has 0 saturated heterocycles. The Bertz CT molecular complexity index is 1090. The number of carbonyl (C=O) groups excluding carboxylic acids is 2. The van der Waals surface area contributed by atoms with Crippen LogP contribution in [-0.4, -0.2) is 29.9 Å². The van der Waals surface area contributed by atoms with Gasteiger partial charge in [0.2, 0.25) is 0 Å². The Labute approximate surface area is 189 Å². The maximum atomic E-state index is 13.5. The topological polar surface area (TPSA) is 64.6 Å². The number of halogens is 3. The van der Waals surface area contributed by atoms with Crippen molar-refractivity contribution in [3.8, 4) is 11.5 Å². The predicted octanol–water partition coefficient (Wildman–Crippen LogP) is 4.39. The van der Waals surface area contributed by atoms with Crippen LogP contribution in [0, 0.1) is 17.0 Å². The number of hydrogen-bond acceptors (Lipinski definition) is 4. The summed E-state index contributed by atoms with van der Waals surface area (Å²) in [5.41, 5.74) is 0.432. The normalized spacial score (nSPS) is 27.3. The molecule has 0 radical (unpaired) electrons. The first-order valence-electron chi connectivity index (χ1n) is 10.6. The van der Waals surface area contributed by atoms with Crippen molar-refractivity contribution in [3.05, 3.63) is 58.6 Å². The lowest BCUT2D eigenvalue weighted by atomic mass is 9.38. The Kier molecular flexibility index (Phi) is 5.12. The number of ether oxygens (including phenoxy) is 2. The highest BCUT2D eigenvalue weighted by atomic mass is 35.5. The Morgan fingerprint density at radius 3 is 2.69 bits per heavy atom. The van der Waals surface area contributed by atoms with Crippen LogP contribution in [0.2, 0.25) is 5.02 Å². The summed E-state index contributed by atoms with van der Waals surface area (Å²) in [7, 11) is 0. The van der Waals surface area contributed by atoms with Crippen molar-refractivity contribution in [3.63, 3.8) is 0 Å². The first-order valence-corrected chi connectivity index (χ1v) is 11.0. The summed E-state index contributed by atoms with van der Waals surface area (Å²) in [4.78, 5) is 25.0. The molecule has 1 aliphatic heterocycles. The van der Waals surface area contributed by atoms with Gasteiger partial charge >= 0.3 is 0 Å². The molecule has 3 saturated carbocycles. The molecule has 3 aliphatic carbocycles. The van der Waals surface area contributed by atoms with Crippen molar-refractivity contribution < 1.29 is 27.8 Å². The molecule has 6 rings (SSSR count). The minimum atomic E-state index is -0.591. The van der Waals surface area contributed by atoms with Crippen LogP contribution in [0.4, 0.5) is 8.78 Å². The minimum absolute atomic E-state index is 0.00150. The number of Topliss-reactive ketones (excluding diaryl/α,β-unsaturated/α-hetero) is 1. The second-order valence-electron chi connectivity index (χ2n) is 9.28. The number of aryl methyl sites for hydroxylation is 1. The van der Waals surface area contributed by atoms with Gasteiger partial charge in [-0.25, -0.2) is 8.78 Å². The lowest BCUT2D eigenvalue weighted by molar-refractivity contribution is -0.175. The Balaban J connectivity index is 1.08. The van der Waals surface area contributed by atoms with E-state index in [-0.39, 0.29) is 45.8 Å². The summed E-state index contributed by atoms with van der Waals surface area (Å²) in [6.07, 6.45) is 3.14. The molecule has 1 N–H and O–H groups in total. The number of amides is 1. The first kappa shape index (κ1) is 21.2. The van der Waals surface area contributed by atoms with Crippen LogP contribution in [0.15, 0.2) is 36.4 Å². The number of fused-ring (bicyclic) bond motifs is 1. The molecule has 8 heteroatoms. The van der Waals surface area contributed by atoms with Crippen molar-refractivity contribution >= 4 is 23.3 Å². The summed E-state index contributed by atoms with van der Waals surface area (Å²) in [5, 5.41) is 3.10. The first-order chi connectivity index (χ1) is 15.2. The van der Waals surface area contributed by atoms with Crippen molar-refractivity contribution in [2.45, 2.75) is 50.2 Å². The third-order valence-corrected chi connectivity index (χ3v) is 6.96. The Morgan fingerprint density at radius 2 is 1.94 bits per heavy atom. The molecule has 3 fully saturated rings. The van der Waals surface area contributed by atoms with Gasteiger partial charge < -0.3 is 14.8 Å². The standard InChI is InChI=1S/C24H22ClF2NO4/c25-18-4-3-17(8-19(18)27)31-10-16(29)9-23-11-24(12-23,13-23)28-22(30)21-5-1-14-7-15(26)2-6-20(14)32-21/h2-4,6-8,21H,1,5,9-13H2,(H,28,30)/t21-,23?,24?/m1/s1. The molecule has 1 amide bonds. The van der Waals surface area contributed by atoms with Gasteiger partial charge in [0.05, 0.1) is 5.02 Å². The third-order valence-electron chi connectivity index (χ3n) is 6.65. The van der Waals surface area contributed by atoms with E-state index in [4.69, 9.17) is 21.1 Å². The summed E-state index contributed by atoms with van der Waals surface area (Å²) in [5.74, 6) is -0.301. The van der Waals surface area contributed by atoms with E-state index in [0.29, 0.717) is 25.0 Å². The molecule has 0 aromatic heterocycles. The van der Waals surface area contributed by atoms with E-state index in [1.807, 2.05) is 0 Å². The molecule has 32 heavy (non-hydrogen) atoms. The molecular formula is C24H22ClF2NO4. The number of ketones is 1. The minimum Gasteiger partial charge on any atom is -0.486 e. The van der Waals surface area contributed by atoms with E-state index in [0.717, 1.165) is 30.9 Å². The second kappa shape index (κ2) is 7.73. The van der Waals surface area contributed by atoms with Crippen LogP contribution in [-0.2, 0) is 16.0 Å². The average Bonchev–Trinajstić information content (AvgIpc) is 2.71. The molecule has 2 bridgehead atoms. The molecule has 0 spiro atoms. The Hall–Kier alpha value is -2.67. The largest absolute Gasteiger partial charge is 0.486 e. The summed E-state index contributed by atoms with van der Waals surface area (Å²) < 4.78 is 38.0. The van der Waals surface area contributed by atoms with Crippen molar-refractivity contribution in [2.24, 2.45) is 5.41 Å². The van der Waals surface area contributed by atoms with Crippen LogP contribution >= 0.6 is 11.6 Å². The van der Waals surface area contributed by atoms with Gasteiger partial charge in [0.1, 0.15) is 29.7 Å². The van der Waals surface area contributed by atoms with Crippen LogP contribution in [0.25, 0.3) is 0 Å². The van der Waals surface area contributed by atoms with E-state index in [1.54, 1.807) is 6.07 Å². The zero-order valence-electron chi connectivity index (χ0n) is 17.3. The van der Waals surface area contributed by atoms with Gasteiger partial charge in [-0.3, -0.25) is 9.59 Å². The molecule has 4 aliphatic rings. The second-order valence-corrected chi connectivity index (χ2v) is 9.68. The zero-order chi connectivity index (χ0) is 22.5. The monoisotopic (exact) mass is 461 g/mol. The predicted molar refractivity (Wildman–Crippen MR) is 113 cm³/mol. The molecule has 5 nitrogen and oxygen atoms in total. The number of carbonyl (C=O) groups is 2. The van der Waals surface area contributed by atoms with E-state index in [9.17, 15) is 18.4 Å². The molecule has 1 heterocycles. The van der Waals surface area contributed by atoms with Crippen LogP contribution in [0.5, 0.6) is 11.5 Å². The van der Waals surface area contributed by atoms with Crippen molar-refractivity contribution in [2.75, 3.05) is 6.61 Å². The van der Waals surface area contributed by atoms with Crippen molar-refractivity contribution in [1.82, 2.24) is 5.32 Å². The highest BCUT2D eigenvalue weighted by Crippen LogP contribution is 2.69. The lowest BCUT2D eigenvalue weighted by Crippen LogP contribution is -2.75. The van der Waals surface area contributed by atoms with Gasteiger partial charge in [0.25, 0.3) is 5.91 Å². The summed E-state index contributed by atoms with van der Waals surface area (Å²) >= 11 is 5.64. The number of hydrogen-bond donors (Lipinski definition) is 1. The van der Waals surface area contributed by atoms with Crippen LogP contribution < -0.4 is 14.8 Å². The molecule has 2 aromatic carbocycles. The third kappa shape index (κ3) is 3.94. The maximum Gasteiger partial charge on any atom is 0.261 e. The van der Waals surface area contributed by atoms with Gasteiger partial charge in [0.15, 0.2) is 11.9 Å². The van der Waals surface area contributed by atoms with E-state index in [1.165, 1.54) is 24.3 Å². The Morgan fingerprint density at radius 1 is 1.16 bits per heavy atom. The van der Waals surface area contributed by atoms with E-state index >= 15 is 0 Å². The molecule has 168 valence electrons. The number of benzene rings is 2. The fourth-order valence-electron chi connectivity index (χ4n) is 5.40.